The molecule has 1 heterocycles. The molecule has 4 atom stereocenters. The molecule has 1 saturated carbocycles. The molecular formula is C19H17F3O3. The lowest BCUT2D eigenvalue weighted by Gasteiger charge is -2.36. The van der Waals surface area contributed by atoms with Crippen LogP contribution in [0.2, 0.25) is 0 Å². The Morgan fingerprint density at radius 3 is 2.28 bits per heavy atom. The maximum atomic E-state index is 13.3. The van der Waals surface area contributed by atoms with Crippen LogP contribution in [0.3, 0.4) is 0 Å². The van der Waals surface area contributed by atoms with Gasteiger partial charge in [-0.3, -0.25) is 0 Å². The van der Waals surface area contributed by atoms with Crippen molar-refractivity contribution in [1.82, 2.24) is 0 Å². The molecule has 4 rings (SSSR count). The molecule has 0 unspecified atom stereocenters. The van der Waals surface area contributed by atoms with Crippen LogP contribution in [-0.2, 0) is 0 Å². The Morgan fingerprint density at radius 1 is 0.920 bits per heavy atom. The van der Waals surface area contributed by atoms with Gasteiger partial charge in [-0.2, -0.15) is 13.2 Å². The molecule has 2 aliphatic rings. The van der Waals surface area contributed by atoms with Crippen LogP contribution in [0, 0.1) is 11.8 Å². The van der Waals surface area contributed by atoms with Crippen molar-refractivity contribution in [3.63, 3.8) is 0 Å². The summed E-state index contributed by atoms with van der Waals surface area (Å²) in [5.74, 6) is -1.38. The van der Waals surface area contributed by atoms with Gasteiger partial charge in [0.1, 0.15) is 23.4 Å². The Morgan fingerprint density at radius 2 is 1.60 bits per heavy atom. The van der Waals surface area contributed by atoms with E-state index in [4.69, 9.17) is 4.74 Å². The molecule has 6 heteroatoms. The van der Waals surface area contributed by atoms with Crippen molar-refractivity contribution in [1.29, 1.82) is 0 Å². The van der Waals surface area contributed by atoms with Crippen LogP contribution in [-0.4, -0.2) is 16.4 Å². The monoisotopic (exact) mass is 350 g/mol. The van der Waals surface area contributed by atoms with Gasteiger partial charge in [-0.25, -0.2) is 0 Å². The highest BCUT2D eigenvalue weighted by atomic mass is 19.4. The van der Waals surface area contributed by atoms with Gasteiger partial charge in [0.15, 0.2) is 0 Å². The summed E-state index contributed by atoms with van der Waals surface area (Å²) in [6.07, 6.45) is -4.75. The van der Waals surface area contributed by atoms with Crippen LogP contribution >= 0.6 is 0 Å². The molecular weight excluding hydrogens is 333 g/mol. The van der Waals surface area contributed by atoms with Gasteiger partial charge in [0.2, 0.25) is 0 Å². The normalized spacial score (nSPS) is 28.1. The molecule has 3 nitrogen and oxygen atoms in total. The molecule has 1 aliphatic heterocycles. The van der Waals surface area contributed by atoms with Crippen molar-refractivity contribution in [3.8, 4) is 17.2 Å². The fraction of sp³-hybridized carbons (Fsp3) is 0.368. The third-order valence-electron chi connectivity index (χ3n) is 5.33. The molecule has 1 fully saturated rings. The number of phenolic OH excluding ortho intramolecular Hbond substituents is 2. The number of ether oxygens (including phenoxy) is 1. The van der Waals surface area contributed by atoms with Crippen LogP contribution in [0.4, 0.5) is 13.2 Å². The quantitative estimate of drug-likeness (QED) is 0.769. The van der Waals surface area contributed by atoms with Gasteiger partial charge in [0.05, 0.1) is 5.92 Å². The van der Waals surface area contributed by atoms with Crippen LogP contribution < -0.4 is 4.74 Å². The second kappa shape index (κ2) is 5.58. The van der Waals surface area contributed by atoms with E-state index >= 15 is 0 Å². The fourth-order valence-electron chi connectivity index (χ4n) is 4.17. The number of fused-ring (bicyclic) bond motifs is 3. The maximum absolute atomic E-state index is 13.3. The van der Waals surface area contributed by atoms with E-state index in [9.17, 15) is 23.4 Å². The van der Waals surface area contributed by atoms with Gasteiger partial charge in [0, 0.05) is 11.5 Å². The first kappa shape index (κ1) is 16.1. The lowest BCUT2D eigenvalue weighted by molar-refractivity contribution is -0.173. The SMILES string of the molecule is Oc1ccc([C@@H]2Oc3ccc(O)cc3[C@@H]3C[C@@H](C(F)(F)F)C[C@@H]32)cc1. The highest BCUT2D eigenvalue weighted by Gasteiger charge is 2.53. The topological polar surface area (TPSA) is 49.7 Å². The molecule has 132 valence electrons. The third kappa shape index (κ3) is 2.79. The van der Waals surface area contributed by atoms with E-state index in [2.05, 4.69) is 0 Å². The second-order valence-corrected chi connectivity index (χ2v) is 6.83. The Bertz CT molecular complexity index is 785. The average molecular weight is 350 g/mol. The van der Waals surface area contributed by atoms with Crippen molar-refractivity contribution in [2.75, 3.05) is 0 Å². The van der Waals surface area contributed by atoms with Gasteiger partial charge in [0.25, 0.3) is 0 Å². The average Bonchev–Trinajstić information content (AvgIpc) is 3.01. The summed E-state index contributed by atoms with van der Waals surface area (Å²) in [4.78, 5) is 0. The molecule has 0 spiro atoms. The van der Waals surface area contributed by atoms with E-state index in [1.807, 2.05) is 0 Å². The maximum Gasteiger partial charge on any atom is 0.391 e. The molecule has 0 radical (unpaired) electrons. The fourth-order valence-corrected chi connectivity index (χ4v) is 4.17. The minimum absolute atomic E-state index is 0.00254. The first-order valence-electron chi connectivity index (χ1n) is 8.18. The number of hydrogen-bond donors (Lipinski definition) is 2. The van der Waals surface area contributed by atoms with Gasteiger partial charge in [-0.15, -0.1) is 0 Å². The van der Waals surface area contributed by atoms with Crippen molar-refractivity contribution in [2.24, 2.45) is 11.8 Å². The second-order valence-electron chi connectivity index (χ2n) is 6.83. The molecule has 2 N–H and O–H groups in total. The van der Waals surface area contributed by atoms with E-state index in [0.717, 1.165) is 5.56 Å². The Kier molecular flexibility index (Phi) is 3.60. The summed E-state index contributed by atoms with van der Waals surface area (Å²) < 4.78 is 46.0. The predicted octanol–water partition coefficient (Wildman–Crippen LogP) is 4.90. The largest absolute Gasteiger partial charge is 0.508 e. The number of alkyl halides is 3. The highest BCUT2D eigenvalue weighted by Crippen LogP contribution is 2.58. The minimum atomic E-state index is -4.24. The van der Waals surface area contributed by atoms with Gasteiger partial charge >= 0.3 is 6.18 Å². The third-order valence-corrected chi connectivity index (χ3v) is 5.33. The zero-order chi connectivity index (χ0) is 17.8. The van der Waals surface area contributed by atoms with Crippen molar-refractivity contribution < 1.29 is 28.1 Å². The first-order valence-corrected chi connectivity index (χ1v) is 8.18. The van der Waals surface area contributed by atoms with Crippen molar-refractivity contribution in [3.05, 3.63) is 53.6 Å². The summed E-state index contributed by atoms with van der Waals surface area (Å²) in [7, 11) is 0. The molecule has 2 aromatic rings. The number of aromatic hydroxyl groups is 2. The minimum Gasteiger partial charge on any atom is -0.508 e. The summed E-state index contributed by atoms with van der Waals surface area (Å²) in [5, 5.41) is 19.2. The number of rotatable bonds is 1. The van der Waals surface area contributed by atoms with Crippen LogP contribution in [0.15, 0.2) is 42.5 Å². The van der Waals surface area contributed by atoms with E-state index in [1.54, 1.807) is 18.2 Å². The predicted molar refractivity (Wildman–Crippen MR) is 84.6 cm³/mol. The molecule has 0 bridgehead atoms. The number of halogens is 3. The summed E-state index contributed by atoms with van der Waals surface area (Å²) >= 11 is 0. The molecule has 2 aromatic carbocycles. The Balaban J connectivity index is 1.77. The molecule has 0 amide bonds. The van der Waals surface area contributed by atoms with E-state index in [-0.39, 0.29) is 36.2 Å². The van der Waals surface area contributed by atoms with Crippen LogP contribution in [0.5, 0.6) is 17.2 Å². The van der Waals surface area contributed by atoms with E-state index in [0.29, 0.717) is 11.3 Å². The van der Waals surface area contributed by atoms with Gasteiger partial charge in [-0.1, -0.05) is 12.1 Å². The summed E-state index contributed by atoms with van der Waals surface area (Å²) in [5.41, 5.74) is 1.39. The number of benzene rings is 2. The highest BCUT2D eigenvalue weighted by molar-refractivity contribution is 5.46. The van der Waals surface area contributed by atoms with E-state index in [1.165, 1.54) is 24.3 Å². The van der Waals surface area contributed by atoms with Gasteiger partial charge < -0.3 is 14.9 Å². The standard InChI is InChI=1S/C19H17F3O3/c20-19(21,22)11-7-14-15-9-13(24)5-6-17(15)25-18(16(14)8-11)10-1-3-12(23)4-2-10/h1-6,9,11,14,16,18,23-24H,7-8H2/t11-,14+,16+,18+/m1/s1. The zero-order valence-electron chi connectivity index (χ0n) is 13.2. The number of hydrogen-bond acceptors (Lipinski definition) is 3. The Labute approximate surface area is 142 Å². The van der Waals surface area contributed by atoms with Crippen molar-refractivity contribution >= 4 is 0 Å². The van der Waals surface area contributed by atoms with Crippen LogP contribution in [0.25, 0.3) is 0 Å². The molecule has 0 aromatic heterocycles. The number of phenols is 2. The lowest BCUT2D eigenvalue weighted by Crippen LogP contribution is -2.27. The van der Waals surface area contributed by atoms with Crippen LogP contribution in [0.1, 0.15) is 36.0 Å². The molecule has 1 aliphatic carbocycles. The van der Waals surface area contributed by atoms with E-state index < -0.39 is 18.2 Å². The molecule has 0 saturated heterocycles. The first-order chi connectivity index (χ1) is 11.8. The lowest BCUT2D eigenvalue weighted by atomic mass is 9.80. The summed E-state index contributed by atoms with van der Waals surface area (Å²) in [6.45, 7) is 0. The molecule has 25 heavy (non-hydrogen) atoms. The summed E-state index contributed by atoms with van der Waals surface area (Å²) in [6, 6.07) is 11.0. The van der Waals surface area contributed by atoms with Crippen molar-refractivity contribution in [2.45, 2.75) is 31.0 Å². The van der Waals surface area contributed by atoms with Gasteiger partial charge in [-0.05, 0) is 54.7 Å². The zero-order valence-corrected chi connectivity index (χ0v) is 13.2. The smallest absolute Gasteiger partial charge is 0.391 e. The Hall–Kier alpha value is -2.37.